The predicted octanol–water partition coefficient (Wildman–Crippen LogP) is -3.29. The number of likely N-dealkylation sites (tertiary alicyclic amines) is 1. The van der Waals surface area contributed by atoms with Gasteiger partial charge in [-0.2, -0.15) is 0 Å². The zero-order valence-corrected chi connectivity index (χ0v) is 33.2. The molecule has 0 unspecified atom stereocenters. The summed E-state index contributed by atoms with van der Waals surface area (Å²) in [7, 11) is 0. The summed E-state index contributed by atoms with van der Waals surface area (Å²) >= 11 is 0. The number of carbonyl (C=O) groups excluding carboxylic acids is 6. The van der Waals surface area contributed by atoms with Gasteiger partial charge in [0.15, 0.2) is 0 Å². The minimum absolute atomic E-state index is 0. The van der Waals surface area contributed by atoms with Crippen LogP contribution in [0.5, 0.6) is 0 Å². The van der Waals surface area contributed by atoms with Gasteiger partial charge in [-0.3, -0.25) is 14.5 Å². The predicted molar refractivity (Wildman–Crippen MR) is 137 cm³/mol. The number of hydrogen-bond donors (Lipinski definition) is 1. The largest absolute Gasteiger partial charge is 1.00 e. The zero-order valence-electron chi connectivity index (χ0n) is 23.4. The molecule has 1 aromatic carbocycles. The molecule has 1 N–H and O–H groups in total. The third kappa shape index (κ3) is 17.7. The van der Waals surface area contributed by atoms with Gasteiger partial charge < -0.3 is 39.8 Å². The van der Waals surface area contributed by atoms with Crippen LogP contribution in [0.4, 0.5) is 10.5 Å². The van der Waals surface area contributed by atoms with E-state index < -0.39 is 24.3 Å². The number of benzene rings is 1. The van der Waals surface area contributed by atoms with Crippen molar-refractivity contribution in [2.45, 2.75) is 51.4 Å². The summed E-state index contributed by atoms with van der Waals surface area (Å²) in [5.74, 6) is -1.67. The molecular weight excluding hydrogens is 667 g/mol. The van der Waals surface area contributed by atoms with Crippen molar-refractivity contribution in [3.8, 4) is 0 Å². The van der Waals surface area contributed by atoms with Crippen molar-refractivity contribution in [1.82, 2.24) is 10.2 Å². The van der Waals surface area contributed by atoms with Gasteiger partial charge in [-0.25, -0.2) is 4.79 Å². The van der Waals surface area contributed by atoms with Crippen LogP contribution in [0.25, 0.3) is 10.6 Å². The first-order valence-electron chi connectivity index (χ1n) is 12.7. The molecule has 1 fully saturated rings. The monoisotopic (exact) mass is 700 g/mol. The fourth-order valence-corrected chi connectivity index (χ4v) is 3.34. The quantitative estimate of drug-likeness (QED) is 0.0721. The smallest absolute Gasteiger partial charge is 0.651 e. The van der Waals surface area contributed by atoms with E-state index in [-0.39, 0.29) is 154 Å². The van der Waals surface area contributed by atoms with E-state index in [1.807, 2.05) is 0 Å². The van der Waals surface area contributed by atoms with Crippen molar-refractivity contribution in [2.24, 2.45) is 0 Å². The summed E-state index contributed by atoms with van der Waals surface area (Å²) in [5, 5.41) is 10.3. The average Bonchev–Trinajstić information content (AvgIpc) is 2.87. The molecule has 14 heteroatoms. The van der Waals surface area contributed by atoms with Crippen LogP contribution in [0.15, 0.2) is 24.3 Å². The Balaban J connectivity index is 0.00000760. The van der Waals surface area contributed by atoms with Crippen LogP contribution in [0, 0.1) is 0 Å². The summed E-state index contributed by atoms with van der Waals surface area (Å²) in [4.78, 5) is 70.1. The normalized spacial score (nSPS) is 11.7. The van der Waals surface area contributed by atoms with Crippen LogP contribution in [0.2, 0.25) is 0 Å². The van der Waals surface area contributed by atoms with Crippen LogP contribution >= 0.6 is 0 Å². The van der Waals surface area contributed by atoms with Gasteiger partial charge in [-0.1, -0.05) is 30.7 Å². The molecule has 0 atom stereocenters. The summed E-state index contributed by atoms with van der Waals surface area (Å²) < 4.78 is 10.3. The number of imide groups is 1. The number of carbonyl (C=O) groups is 6. The number of hydrogen-bond acceptors (Lipinski definition) is 8. The molecule has 2 rings (SSSR count). The molecule has 208 valence electrons. The maximum absolute atomic E-state index is 12.0. The van der Waals surface area contributed by atoms with Crippen LogP contribution in [0.3, 0.4) is 0 Å². The molecule has 12 nitrogen and oxygen atoms in total. The third-order valence-corrected chi connectivity index (χ3v) is 5.46. The molecule has 1 aromatic rings. The molecule has 1 aliphatic heterocycles. The Bertz CT molecular complexity index is 963. The van der Waals surface area contributed by atoms with E-state index in [2.05, 4.69) is 16.0 Å². The Morgan fingerprint density at radius 3 is 2.35 bits per heavy atom. The molecule has 1 aliphatic rings. The van der Waals surface area contributed by atoms with Gasteiger partial charge in [0.05, 0.1) is 24.8 Å². The van der Waals surface area contributed by atoms with Gasteiger partial charge in [-0.15, -0.1) is 12.2 Å². The first kappa shape index (κ1) is 39.8. The number of β-lactam (4-membered cyclic amide) rings is 1. The van der Waals surface area contributed by atoms with Crippen molar-refractivity contribution < 1.29 is 155 Å². The number of nitrogens with zero attached hydrogens (tertiary/aromatic N) is 3. The van der Waals surface area contributed by atoms with Crippen molar-refractivity contribution in [2.75, 3.05) is 39.5 Å². The van der Waals surface area contributed by atoms with E-state index >= 15 is 0 Å². The molecular formula is C26H34N4O8Rb2. The topological polar surface area (TPSA) is 164 Å². The Hall–Kier alpha value is -0.190. The minimum Gasteiger partial charge on any atom is -0.651 e. The van der Waals surface area contributed by atoms with Crippen molar-refractivity contribution in [3.05, 3.63) is 40.5 Å². The molecule has 1 saturated heterocycles. The standard InChI is InChI=1S/C26H36N4O8.2Rb/c31-14-4-2-1-3-11-28-26(36)38-16-5-15-37-17-12-27-22(32)19-23(33)29-21-8-6-20(7-9-21)18-25(35)30-13-10-24(30)34;;/h6-9,14H,1-5,10-13,15-19H2,(H3,27,28,29,32,33,36);;/q;2*+1/p-2. The summed E-state index contributed by atoms with van der Waals surface area (Å²) in [5.41, 5.74) is 1.05. The van der Waals surface area contributed by atoms with Crippen LogP contribution in [-0.2, 0) is 39.9 Å². The number of unbranched alkanes of at least 4 members (excludes halogenated alkanes) is 3. The van der Waals surface area contributed by atoms with E-state index in [9.17, 15) is 28.8 Å². The van der Waals surface area contributed by atoms with Gasteiger partial charge in [0, 0.05) is 52.0 Å². The maximum Gasteiger partial charge on any atom is 1.00 e. The second kappa shape index (κ2) is 24.3. The van der Waals surface area contributed by atoms with Gasteiger partial charge in [-0.05, 0) is 18.4 Å². The Morgan fingerprint density at radius 1 is 0.950 bits per heavy atom. The van der Waals surface area contributed by atoms with Gasteiger partial charge in [0.2, 0.25) is 11.8 Å². The minimum atomic E-state index is -0.633. The van der Waals surface area contributed by atoms with E-state index in [1.165, 1.54) is 4.90 Å². The number of ether oxygens (including phenoxy) is 2. The first-order chi connectivity index (χ1) is 18.4. The number of amides is 5. The maximum atomic E-state index is 12.0. The van der Waals surface area contributed by atoms with Crippen molar-refractivity contribution >= 4 is 41.7 Å². The van der Waals surface area contributed by atoms with Crippen LogP contribution < -0.4 is 122 Å². The Labute approximate surface area is 332 Å². The molecule has 0 spiro atoms. The SMILES string of the molecule is O=CCCCCCNC(=O)OCCCOCC[N-]C(=O)CC(=O)[N-]c1ccc(CC(=O)N2CCC2=O)cc1.[Rb+].[Rb+]. The van der Waals surface area contributed by atoms with Crippen LogP contribution in [-0.4, -0.2) is 80.4 Å². The van der Waals surface area contributed by atoms with Gasteiger partial charge in [0.25, 0.3) is 0 Å². The van der Waals surface area contributed by atoms with Crippen molar-refractivity contribution in [3.63, 3.8) is 0 Å². The van der Waals surface area contributed by atoms with E-state index in [1.54, 1.807) is 24.3 Å². The molecule has 0 bridgehead atoms. The fraction of sp³-hybridized carbons (Fsp3) is 0.538. The summed E-state index contributed by atoms with van der Waals surface area (Å²) in [6.07, 6.45) is 3.89. The first-order valence-corrected chi connectivity index (χ1v) is 12.7. The molecule has 1 heterocycles. The van der Waals surface area contributed by atoms with Gasteiger partial charge in [0.1, 0.15) is 6.29 Å². The Morgan fingerprint density at radius 2 is 1.70 bits per heavy atom. The van der Waals surface area contributed by atoms with Crippen molar-refractivity contribution in [1.29, 1.82) is 0 Å². The van der Waals surface area contributed by atoms with E-state index in [0.29, 0.717) is 50.2 Å². The molecule has 40 heavy (non-hydrogen) atoms. The number of rotatable bonds is 18. The molecule has 0 aromatic heterocycles. The molecule has 0 radical (unpaired) electrons. The molecule has 0 saturated carbocycles. The number of nitrogens with one attached hydrogen (secondary N) is 1. The Kier molecular flexibility index (Phi) is 24.2. The molecule has 0 aliphatic carbocycles. The van der Waals surface area contributed by atoms with E-state index in [4.69, 9.17) is 9.47 Å². The number of alkyl carbamates (subject to hydrolysis) is 1. The number of aldehydes is 1. The second-order valence-electron chi connectivity index (χ2n) is 8.53. The average molecular weight is 702 g/mol. The molecule has 5 amide bonds. The zero-order chi connectivity index (χ0) is 27.6. The second-order valence-corrected chi connectivity index (χ2v) is 8.53. The van der Waals surface area contributed by atoms with Crippen LogP contribution in [0.1, 0.15) is 50.5 Å². The summed E-state index contributed by atoms with van der Waals surface area (Å²) in [6.45, 7) is 1.75. The van der Waals surface area contributed by atoms with Gasteiger partial charge >= 0.3 is 122 Å². The third-order valence-electron chi connectivity index (χ3n) is 5.46. The fourth-order valence-electron chi connectivity index (χ4n) is 3.34. The van der Waals surface area contributed by atoms with E-state index in [0.717, 1.165) is 25.5 Å². The summed E-state index contributed by atoms with van der Waals surface area (Å²) in [6, 6.07) is 6.43.